The van der Waals surface area contributed by atoms with E-state index in [-0.39, 0.29) is 25.0 Å². The Morgan fingerprint density at radius 3 is 2.24 bits per heavy atom. The minimum Gasteiger partial charge on any atom is -0.394 e. The van der Waals surface area contributed by atoms with Crippen LogP contribution in [-0.4, -0.2) is 38.3 Å². The number of nitrogens with one attached hydrogen (secondary N) is 1. The topological polar surface area (TPSA) is 50.7 Å². The number of hydrogen-bond acceptors (Lipinski definition) is 4. The number of aliphatic hydroxyl groups is 1. The molecule has 1 aromatic rings. The van der Waals surface area contributed by atoms with Crippen LogP contribution in [0.1, 0.15) is 18.5 Å². The molecule has 2 atom stereocenters. The van der Waals surface area contributed by atoms with E-state index in [2.05, 4.69) is 5.32 Å². The summed E-state index contributed by atoms with van der Waals surface area (Å²) in [7, 11) is 3.20. The zero-order chi connectivity index (χ0) is 12.7. The molecule has 0 heterocycles. The van der Waals surface area contributed by atoms with Crippen LogP contribution >= 0.6 is 0 Å². The first kappa shape index (κ1) is 14.1. The predicted molar refractivity (Wildman–Crippen MR) is 66.7 cm³/mol. The Labute approximate surface area is 103 Å². The van der Waals surface area contributed by atoms with Crippen LogP contribution in [0.3, 0.4) is 0 Å². The minimum absolute atomic E-state index is 0.0117. The summed E-state index contributed by atoms with van der Waals surface area (Å²) in [5.74, 6) is 0. The summed E-state index contributed by atoms with van der Waals surface area (Å²) in [6.07, 6.45) is -0.326. The van der Waals surface area contributed by atoms with Gasteiger partial charge in [-0.3, -0.25) is 0 Å². The van der Waals surface area contributed by atoms with E-state index in [1.807, 2.05) is 37.3 Å². The van der Waals surface area contributed by atoms with Gasteiger partial charge >= 0.3 is 0 Å². The van der Waals surface area contributed by atoms with Gasteiger partial charge < -0.3 is 19.9 Å². The molecule has 0 aliphatic heterocycles. The third-order valence-electron chi connectivity index (χ3n) is 2.72. The molecule has 2 unspecified atom stereocenters. The van der Waals surface area contributed by atoms with E-state index in [0.29, 0.717) is 0 Å². The Kier molecular flexibility index (Phi) is 6.15. The molecular weight excluding hydrogens is 218 g/mol. The number of methoxy groups -OCH3 is 2. The first-order chi connectivity index (χ1) is 8.22. The van der Waals surface area contributed by atoms with E-state index in [1.165, 1.54) is 0 Å². The zero-order valence-corrected chi connectivity index (χ0v) is 10.6. The van der Waals surface area contributed by atoms with Crippen molar-refractivity contribution in [3.63, 3.8) is 0 Å². The first-order valence-corrected chi connectivity index (χ1v) is 5.70. The molecule has 0 fully saturated rings. The molecule has 0 aliphatic carbocycles. The summed E-state index contributed by atoms with van der Waals surface area (Å²) in [5.41, 5.74) is 1.05. The van der Waals surface area contributed by atoms with Crippen LogP contribution < -0.4 is 5.32 Å². The zero-order valence-electron chi connectivity index (χ0n) is 10.6. The molecule has 17 heavy (non-hydrogen) atoms. The number of ether oxygens (including phenoxy) is 2. The number of hydrogen-bond donors (Lipinski definition) is 2. The summed E-state index contributed by atoms with van der Waals surface area (Å²) in [6, 6.07) is 9.70. The van der Waals surface area contributed by atoms with Crippen molar-refractivity contribution in [3.05, 3.63) is 35.9 Å². The van der Waals surface area contributed by atoms with Gasteiger partial charge in [-0.15, -0.1) is 0 Å². The fourth-order valence-corrected chi connectivity index (χ4v) is 1.84. The highest BCUT2D eigenvalue weighted by Gasteiger charge is 2.20. The van der Waals surface area contributed by atoms with Crippen molar-refractivity contribution in [1.29, 1.82) is 0 Å². The van der Waals surface area contributed by atoms with Crippen LogP contribution in [0.5, 0.6) is 0 Å². The van der Waals surface area contributed by atoms with Crippen LogP contribution in [-0.2, 0) is 9.47 Å². The van der Waals surface area contributed by atoms with Gasteiger partial charge in [-0.1, -0.05) is 30.3 Å². The highest BCUT2D eigenvalue weighted by molar-refractivity contribution is 5.19. The first-order valence-electron chi connectivity index (χ1n) is 5.70. The number of aliphatic hydroxyl groups excluding tert-OH is 1. The fourth-order valence-electron chi connectivity index (χ4n) is 1.84. The molecule has 0 aliphatic rings. The van der Waals surface area contributed by atoms with Gasteiger partial charge in [-0.05, 0) is 12.5 Å². The molecule has 0 radical (unpaired) electrons. The second kappa shape index (κ2) is 7.40. The van der Waals surface area contributed by atoms with Crippen LogP contribution in [0.4, 0.5) is 0 Å². The molecule has 2 N–H and O–H groups in total. The van der Waals surface area contributed by atoms with Crippen LogP contribution in [0.2, 0.25) is 0 Å². The molecular formula is C13H21NO3. The van der Waals surface area contributed by atoms with E-state index in [9.17, 15) is 5.11 Å². The lowest BCUT2D eigenvalue weighted by molar-refractivity contribution is -0.121. The van der Waals surface area contributed by atoms with Crippen LogP contribution in [0.15, 0.2) is 30.3 Å². The normalized spacial score (nSPS) is 14.9. The summed E-state index contributed by atoms with van der Waals surface area (Å²) in [4.78, 5) is 0. The highest BCUT2D eigenvalue weighted by Crippen LogP contribution is 2.13. The monoisotopic (exact) mass is 239 g/mol. The van der Waals surface area contributed by atoms with E-state index in [1.54, 1.807) is 14.2 Å². The lowest BCUT2D eigenvalue weighted by Crippen LogP contribution is -2.42. The lowest BCUT2D eigenvalue weighted by Gasteiger charge is -2.27. The summed E-state index contributed by atoms with van der Waals surface area (Å²) in [6.45, 7) is 2.00. The molecule has 4 heteroatoms. The Bertz CT molecular complexity index is 301. The van der Waals surface area contributed by atoms with Gasteiger partial charge in [0.15, 0.2) is 6.29 Å². The summed E-state index contributed by atoms with van der Waals surface area (Å²) >= 11 is 0. The maximum absolute atomic E-state index is 9.41. The van der Waals surface area contributed by atoms with Crippen molar-refractivity contribution < 1.29 is 14.6 Å². The van der Waals surface area contributed by atoms with Gasteiger partial charge in [0.05, 0.1) is 18.7 Å². The second-order valence-corrected chi connectivity index (χ2v) is 3.94. The third-order valence-corrected chi connectivity index (χ3v) is 2.72. The van der Waals surface area contributed by atoms with Gasteiger partial charge in [0.1, 0.15) is 0 Å². The van der Waals surface area contributed by atoms with E-state index in [0.717, 1.165) is 5.56 Å². The maximum atomic E-state index is 9.41. The quantitative estimate of drug-likeness (QED) is 0.705. The number of rotatable bonds is 7. The Hall–Kier alpha value is -0.940. The average molecular weight is 239 g/mol. The van der Waals surface area contributed by atoms with Gasteiger partial charge in [0, 0.05) is 14.2 Å². The molecule has 0 bridgehead atoms. The average Bonchev–Trinajstić information content (AvgIpc) is 2.38. The van der Waals surface area contributed by atoms with E-state index < -0.39 is 0 Å². The van der Waals surface area contributed by atoms with Crippen molar-refractivity contribution in [1.82, 2.24) is 5.32 Å². The highest BCUT2D eigenvalue weighted by atomic mass is 16.7. The molecule has 1 rings (SSSR count). The van der Waals surface area contributed by atoms with Gasteiger partial charge in [0.2, 0.25) is 0 Å². The van der Waals surface area contributed by atoms with E-state index in [4.69, 9.17) is 9.47 Å². The predicted octanol–water partition coefficient (Wildman–Crippen LogP) is 1.32. The maximum Gasteiger partial charge on any atom is 0.171 e. The largest absolute Gasteiger partial charge is 0.394 e. The van der Waals surface area contributed by atoms with Crippen molar-refractivity contribution in [3.8, 4) is 0 Å². The van der Waals surface area contributed by atoms with Crippen molar-refractivity contribution in [2.24, 2.45) is 0 Å². The van der Waals surface area contributed by atoms with Crippen LogP contribution in [0, 0.1) is 0 Å². The van der Waals surface area contributed by atoms with Crippen molar-refractivity contribution in [2.75, 3.05) is 20.8 Å². The smallest absolute Gasteiger partial charge is 0.171 e. The third kappa shape index (κ3) is 4.09. The second-order valence-electron chi connectivity index (χ2n) is 3.94. The van der Waals surface area contributed by atoms with Crippen molar-refractivity contribution in [2.45, 2.75) is 25.3 Å². The lowest BCUT2D eigenvalue weighted by atomic mass is 10.1. The van der Waals surface area contributed by atoms with Crippen LogP contribution in [0.25, 0.3) is 0 Å². The standard InChI is InChI=1S/C13H21NO3/c1-10(13(16-2)17-3)14-12(9-15)11-7-5-4-6-8-11/h4-8,10,12-15H,9H2,1-3H3. The summed E-state index contributed by atoms with van der Waals surface area (Å²) < 4.78 is 10.4. The molecule has 0 saturated carbocycles. The summed E-state index contributed by atoms with van der Waals surface area (Å²) in [5, 5.41) is 12.7. The molecule has 96 valence electrons. The SMILES string of the molecule is COC(OC)C(C)NC(CO)c1ccccc1. The molecule has 0 amide bonds. The molecule has 0 aromatic heterocycles. The van der Waals surface area contributed by atoms with Gasteiger partial charge in [0.25, 0.3) is 0 Å². The van der Waals surface area contributed by atoms with Crippen molar-refractivity contribution >= 4 is 0 Å². The fraction of sp³-hybridized carbons (Fsp3) is 0.538. The molecule has 0 spiro atoms. The molecule has 0 saturated heterocycles. The molecule has 1 aromatic carbocycles. The number of benzene rings is 1. The van der Waals surface area contributed by atoms with E-state index >= 15 is 0 Å². The Morgan fingerprint density at radius 2 is 1.76 bits per heavy atom. The minimum atomic E-state index is -0.326. The Morgan fingerprint density at radius 1 is 1.18 bits per heavy atom. The van der Waals surface area contributed by atoms with Gasteiger partial charge in [-0.2, -0.15) is 0 Å². The van der Waals surface area contributed by atoms with Gasteiger partial charge in [-0.25, -0.2) is 0 Å². The molecule has 4 nitrogen and oxygen atoms in total. The Balaban J connectivity index is 2.64.